The van der Waals surface area contributed by atoms with E-state index in [1.807, 2.05) is 67.6 Å². The second-order valence-electron chi connectivity index (χ2n) is 7.44. The molecule has 4 aromatic rings. The van der Waals surface area contributed by atoms with Gasteiger partial charge in [-0.3, -0.25) is 14.2 Å². The highest BCUT2D eigenvalue weighted by Gasteiger charge is 2.15. The van der Waals surface area contributed by atoms with Crippen molar-refractivity contribution in [3.63, 3.8) is 0 Å². The molecule has 1 aromatic heterocycles. The number of rotatable bonds is 5. The molecule has 0 unspecified atom stereocenters. The van der Waals surface area contributed by atoms with Crippen LogP contribution in [0, 0.1) is 6.92 Å². The number of thioether (sulfide) groups is 1. The van der Waals surface area contributed by atoms with E-state index < -0.39 is 0 Å². The van der Waals surface area contributed by atoms with Crippen LogP contribution >= 0.6 is 11.8 Å². The van der Waals surface area contributed by atoms with Gasteiger partial charge in [0.25, 0.3) is 5.56 Å². The van der Waals surface area contributed by atoms with Gasteiger partial charge in [0.05, 0.1) is 16.7 Å². The number of aryl methyl sites for hydroxylation is 1. The summed E-state index contributed by atoms with van der Waals surface area (Å²) in [7, 11) is 3.50. The number of carbonyl (C=O) groups is 1. The maximum Gasteiger partial charge on any atom is 0.261 e. The normalized spacial score (nSPS) is 11.2. The lowest BCUT2D eigenvalue weighted by Gasteiger charge is -2.18. The first-order valence-electron chi connectivity index (χ1n) is 9.75. The Balaban J connectivity index is 1.55. The highest BCUT2D eigenvalue weighted by molar-refractivity contribution is 7.99. The van der Waals surface area contributed by atoms with Gasteiger partial charge in [0, 0.05) is 20.6 Å². The number of nitrogens with zero attached hydrogens (tertiary/aromatic N) is 3. The van der Waals surface area contributed by atoms with Crippen molar-refractivity contribution in [2.24, 2.45) is 7.05 Å². The molecule has 152 valence electrons. The lowest BCUT2D eigenvalue weighted by atomic mass is 10.1. The quantitative estimate of drug-likeness (QED) is 0.278. The van der Waals surface area contributed by atoms with Crippen LogP contribution in [0.15, 0.2) is 70.6 Å². The summed E-state index contributed by atoms with van der Waals surface area (Å²) in [4.78, 5) is 31.9. The minimum Gasteiger partial charge on any atom is -0.341 e. The summed E-state index contributed by atoms with van der Waals surface area (Å²) in [5, 5.41) is 3.18. The molecule has 1 amide bonds. The molecule has 4 rings (SSSR count). The minimum absolute atomic E-state index is 0.00360. The van der Waals surface area contributed by atoms with Crippen molar-refractivity contribution >= 4 is 39.3 Å². The SMILES string of the molecule is Cc1ccccc1CN(C)C(=O)CSc1nc2cc3ccccc3cc2c(=O)n1C. The van der Waals surface area contributed by atoms with E-state index in [2.05, 4.69) is 4.98 Å². The number of benzene rings is 3. The molecule has 0 aliphatic rings. The Morgan fingerprint density at radius 3 is 2.47 bits per heavy atom. The maximum absolute atomic E-state index is 12.9. The molecule has 3 aromatic carbocycles. The van der Waals surface area contributed by atoms with E-state index in [-0.39, 0.29) is 17.2 Å². The van der Waals surface area contributed by atoms with Crippen LogP contribution in [0.25, 0.3) is 21.7 Å². The van der Waals surface area contributed by atoms with Crippen LogP contribution in [0.3, 0.4) is 0 Å². The Morgan fingerprint density at radius 2 is 1.73 bits per heavy atom. The Kier molecular flexibility index (Phi) is 5.59. The van der Waals surface area contributed by atoms with Crippen LogP contribution in [-0.4, -0.2) is 33.2 Å². The summed E-state index contributed by atoms with van der Waals surface area (Å²) in [5.74, 6) is 0.220. The van der Waals surface area contributed by atoms with Gasteiger partial charge in [-0.05, 0) is 41.0 Å². The van der Waals surface area contributed by atoms with Gasteiger partial charge in [-0.1, -0.05) is 60.3 Å². The summed E-state index contributed by atoms with van der Waals surface area (Å²) < 4.78 is 1.52. The maximum atomic E-state index is 12.9. The second kappa shape index (κ2) is 8.32. The molecular formula is C24H23N3O2S. The van der Waals surface area contributed by atoms with E-state index in [1.165, 1.54) is 16.3 Å². The molecule has 6 heteroatoms. The average molecular weight is 418 g/mol. The first kappa shape index (κ1) is 20.2. The molecule has 0 radical (unpaired) electrons. The van der Waals surface area contributed by atoms with Gasteiger partial charge in [0.15, 0.2) is 5.16 Å². The minimum atomic E-state index is -0.103. The van der Waals surface area contributed by atoms with Crippen LogP contribution in [0.2, 0.25) is 0 Å². The van der Waals surface area contributed by atoms with Crippen molar-refractivity contribution in [2.75, 3.05) is 12.8 Å². The number of carbonyl (C=O) groups excluding carboxylic acids is 1. The van der Waals surface area contributed by atoms with Gasteiger partial charge in [0.2, 0.25) is 5.91 Å². The van der Waals surface area contributed by atoms with Gasteiger partial charge in [-0.2, -0.15) is 0 Å². The average Bonchev–Trinajstić information content (AvgIpc) is 2.75. The number of fused-ring (bicyclic) bond motifs is 2. The van der Waals surface area contributed by atoms with Crippen LogP contribution < -0.4 is 5.56 Å². The van der Waals surface area contributed by atoms with Gasteiger partial charge < -0.3 is 4.90 Å². The fourth-order valence-corrected chi connectivity index (χ4v) is 4.35. The van der Waals surface area contributed by atoms with Crippen molar-refractivity contribution in [1.82, 2.24) is 14.5 Å². The van der Waals surface area contributed by atoms with Crippen LogP contribution in [0.5, 0.6) is 0 Å². The van der Waals surface area contributed by atoms with Gasteiger partial charge in [-0.25, -0.2) is 4.98 Å². The molecule has 30 heavy (non-hydrogen) atoms. The molecule has 0 aliphatic carbocycles. The summed E-state index contributed by atoms with van der Waals surface area (Å²) in [6.07, 6.45) is 0. The largest absolute Gasteiger partial charge is 0.341 e. The van der Waals surface area contributed by atoms with Crippen molar-refractivity contribution in [1.29, 1.82) is 0 Å². The van der Waals surface area contributed by atoms with Crippen LogP contribution in [0.4, 0.5) is 0 Å². The highest BCUT2D eigenvalue weighted by atomic mass is 32.2. The molecule has 0 aliphatic heterocycles. The zero-order chi connectivity index (χ0) is 21.3. The fourth-order valence-electron chi connectivity index (χ4n) is 3.43. The number of hydrogen-bond donors (Lipinski definition) is 0. The molecule has 1 heterocycles. The Hall–Kier alpha value is -3.12. The van der Waals surface area contributed by atoms with Crippen LogP contribution in [0.1, 0.15) is 11.1 Å². The lowest BCUT2D eigenvalue weighted by molar-refractivity contribution is -0.127. The smallest absolute Gasteiger partial charge is 0.261 e. The Morgan fingerprint density at radius 1 is 1.07 bits per heavy atom. The predicted molar refractivity (Wildman–Crippen MR) is 123 cm³/mol. The Labute approximate surface area is 179 Å². The van der Waals surface area contributed by atoms with Crippen molar-refractivity contribution in [3.05, 3.63) is 82.1 Å². The van der Waals surface area contributed by atoms with Crippen LogP contribution in [-0.2, 0) is 18.4 Å². The molecule has 5 nitrogen and oxygen atoms in total. The predicted octanol–water partition coefficient (Wildman–Crippen LogP) is 4.15. The highest BCUT2D eigenvalue weighted by Crippen LogP contribution is 2.22. The van der Waals surface area contributed by atoms with Gasteiger partial charge in [0.1, 0.15) is 0 Å². The standard InChI is InChI=1S/C24H23N3O2S/c1-16-8-4-5-11-19(16)14-26(2)22(28)15-30-24-25-21-13-18-10-7-6-9-17(18)12-20(21)23(29)27(24)3/h4-13H,14-15H2,1-3H3. The molecule has 0 spiro atoms. The molecule has 0 N–H and O–H groups in total. The van der Waals surface area contributed by atoms with E-state index in [9.17, 15) is 9.59 Å². The van der Waals surface area contributed by atoms with Gasteiger partial charge >= 0.3 is 0 Å². The molecule has 0 atom stereocenters. The van der Waals surface area contributed by atoms with E-state index in [1.54, 1.807) is 19.0 Å². The molecule has 0 saturated heterocycles. The molecule has 0 saturated carbocycles. The van der Waals surface area contributed by atoms with E-state index in [0.717, 1.165) is 21.9 Å². The second-order valence-corrected chi connectivity index (χ2v) is 8.38. The summed E-state index contributed by atoms with van der Waals surface area (Å²) in [6.45, 7) is 2.60. The van der Waals surface area contributed by atoms with Crippen molar-refractivity contribution in [3.8, 4) is 0 Å². The van der Waals surface area contributed by atoms with E-state index >= 15 is 0 Å². The number of hydrogen-bond acceptors (Lipinski definition) is 4. The molecular weight excluding hydrogens is 394 g/mol. The first-order valence-corrected chi connectivity index (χ1v) is 10.7. The van der Waals surface area contributed by atoms with E-state index in [0.29, 0.717) is 22.6 Å². The van der Waals surface area contributed by atoms with E-state index in [4.69, 9.17) is 0 Å². The zero-order valence-corrected chi connectivity index (χ0v) is 18.1. The summed E-state index contributed by atoms with van der Waals surface area (Å²) in [6, 6.07) is 19.8. The van der Waals surface area contributed by atoms with Crippen molar-refractivity contribution in [2.45, 2.75) is 18.6 Å². The van der Waals surface area contributed by atoms with Crippen molar-refractivity contribution < 1.29 is 4.79 Å². The number of aromatic nitrogens is 2. The topological polar surface area (TPSA) is 55.2 Å². The number of amides is 1. The monoisotopic (exact) mass is 417 g/mol. The Bertz CT molecular complexity index is 1310. The van der Waals surface area contributed by atoms with Gasteiger partial charge in [-0.15, -0.1) is 0 Å². The third kappa shape index (κ3) is 3.96. The third-order valence-corrected chi connectivity index (χ3v) is 6.34. The zero-order valence-electron chi connectivity index (χ0n) is 17.3. The summed E-state index contributed by atoms with van der Waals surface area (Å²) in [5.41, 5.74) is 2.84. The summed E-state index contributed by atoms with van der Waals surface area (Å²) >= 11 is 1.29. The fraction of sp³-hybridized carbons (Fsp3) is 0.208. The molecule has 0 bridgehead atoms. The molecule has 0 fully saturated rings. The lowest BCUT2D eigenvalue weighted by Crippen LogP contribution is -2.28. The first-order chi connectivity index (χ1) is 14.4. The third-order valence-electron chi connectivity index (χ3n) is 5.32.